The first kappa shape index (κ1) is 19.5. The summed E-state index contributed by atoms with van der Waals surface area (Å²) in [5.41, 5.74) is -0.339. The summed E-state index contributed by atoms with van der Waals surface area (Å²) in [4.78, 5) is 37.9. The highest BCUT2D eigenvalue weighted by Crippen LogP contribution is 2.29. The Bertz CT molecular complexity index is 1070. The molecule has 0 radical (unpaired) electrons. The third-order valence-electron chi connectivity index (χ3n) is 3.84. The first-order chi connectivity index (χ1) is 13.8. The van der Waals surface area contributed by atoms with E-state index in [1.807, 2.05) is 0 Å². The number of ether oxygens (including phenoxy) is 1. The summed E-state index contributed by atoms with van der Waals surface area (Å²) in [7, 11) is 0. The molecule has 11 heteroatoms. The molecule has 0 bridgehead atoms. The summed E-state index contributed by atoms with van der Waals surface area (Å²) in [5.74, 6) is -1.25. The zero-order valence-electron chi connectivity index (χ0n) is 15.1. The van der Waals surface area contributed by atoms with E-state index < -0.39 is 22.8 Å². The largest absolute Gasteiger partial charge is 0.476 e. The van der Waals surface area contributed by atoms with Gasteiger partial charge >= 0.3 is 5.97 Å². The van der Waals surface area contributed by atoms with Crippen LogP contribution in [0.15, 0.2) is 55.0 Å². The van der Waals surface area contributed by atoms with E-state index in [1.54, 1.807) is 18.3 Å². The fourth-order valence-electron chi connectivity index (χ4n) is 2.40. The number of aromatic nitrogens is 3. The van der Waals surface area contributed by atoms with Gasteiger partial charge in [-0.2, -0.15) is 5.10 Å². The maximum atomic E-state index is 12.5. The molecule has 148 valence electrons. The van der Waals surface area contributed by atoms with E-state index in [-0.39, 0.29) is 22.8 Å². The first-order valence-corrected chi connectivity index (χ1v) is 8.30. The Morgan fingerprint density at radius 1 is 1.28 bits per heavy atom. The maximum Gasteiger partial charge on any atom is 0.356 e. The Morgan fingerprint density at radius 2 is 2.07 bits per heavy atom. The van der Waals surface area contributed by atoms with Crippen LogP contribution in [0.25, 0.3) is 0 Å². The molecular weight excluding hydrogens is 382 g/mol. The predicted molar refractivity (Wildman–Crippen MR) is 99.9 cm³/mol. The minimum absolute atomic E-state index is 0.139. The van der Waals surface area contributed by atoms with Crippen molar-refractivity contribution in [1.82, 2.24) is 14.8 Å². The van der Waals surface area contributed by atoms with Gasteiger partial charge in [0, 0.05) is 24.5 Å². The van der Waals surface area contributed by atoms with Crippen molar-refractivity contribution < 1.29 is 24.4 Å². The monoisotopic (exact) mass is 397 g/mol. The Kier molecular flexibility index (Phi) is 5.49. The Hall–Kier alpha value is -4.28. The van der Waals surface area contributed by atoms with Gasteiger partial charge in [-0.1, -0.05) is 0 Å². The number of carboxylic acids is 1. The van der Waals surface area contributed by atoms with Crippen LogP contribution < -0.4 is 10.1 Å². The predicted octanol–water partition coefficient (Wildman–Crippen LogP) is 2.88. The summed E-state index contributed by atoms with van der Waals surface area (Å²) in [6.45, 7) is 1.51. The quantitative estimate of drug-likeness (QED) is 0.456. The van der Waals surface area contributed by atoms with E-state index in [9.17, 15) is 19.7 Å². The molecule has 0 saturated carbocycles. The van der Waals surface area contributed by atoms with Crippen LogP contribution in [0.2, 0.25) is 0 Å². The van der Waals surface area contributed by atoms with Crippen LogP contribution in [0.1, 0.15) is 23.5 Å². The molecule has 1 amide bonds. The summed E-state index contributed by atoms with van der Waals surface area (Å²) in [6.07, 6.45) is 4.35. The zero-order chi connectivity index (χ0) is 21.0. The smallest absolute Gasteiger partial charge is 0.356 e. The molecule has 0 aliphatic carbocycles. The average Bonchev–Trinajstić information content (AvgIpc) is 3.18. The minimum Gasteiger partial charge on any atom is -0.476 e. The van der Waals surface area contributed by atoms with Gasteiger partial charge in [-0.05, 0) is 25.1 Å². The number of anilines is 1. The van der Waals surface area contributed by atoms with Crippen molar-refractivity contribution in [1.29, 1.82) is 0 Å². The van der Waals surface area contributed by atoms with Crippen LogP contribution in [-0.2, 0) is 4.79 Å². The molecular formula is C18H15N5O6. The van der Waals surface area contributed by atoms with Gasteiger partial charge in [0.15, 0.2) is 5.69 Å². The average molecular weight is 397 g/mol. The lowest BCUT2D eigenvalue weighted by Gasteiger charge is -2.13. The molecule has 3 rings (SSSR count). The van der Waals surface area contributed by atoms with Crippen molar-refractivity contribution in [3.8, 4) is 11.5 Å². The molecule has 0 spiro atoms. The van der Waals surface area contributed by atoms with Crippen LogP contribution in [0.5, 0.6) is 11.5 Å². The summed E-state index contributed by atoms with van der Waals surface area (Å²) >= 11 is 0. The number of benzene rings is 1. The highest BCUT2D eigenvalue weighted by atomic mass is 16.6. The van der Waals surface area contributed by atoms with Crippen LogP contribution in [0.3, 0.4) is 0 Å². The number of rotatable bonds is 7. The highest BCUT2D eigenvalue weighted by Gasteiger charge is 2.20. The number of hydrogen-bond donors (Lipinski definition) is 2. The van der Waals surface area contributed by atoms with Gasteiger partial charge in [-0.25, -0.2) is 4.79 Å². The number of hydrogen-bond acceptors (Lipinski definition) is 7. The number of nitrogens with one attached hydrogen (secondary N) is 1. The second kappa shape index (κ2) is 8.17. The molecule has 2 N–H and O–H groups in total. The van der Waals surface area contributed by atoms with Crippen molar-refractivity contribution in [2.45, 2.75) is 13.0 Å². The topological polar surface area (TPSA) is 149 Å². The molecule has 0 aliphatic heterocycles. The Balaban J connectivity index is 1.82. The number of nitro benzene ring substituents is 1. The van der Waals surface area contributed by atoms with Gasteiger partial charge in [-0.3, -0.25) is 24.6 Å². The van der Waals surface area contributed by atoms with Crippen molar-refractivity contribution in [3.63, 3.8) is 0 Å². The van der Waals surface area contributed by atoms with E-state index in [4.69, 9.17) is 9.84 Å². The number of pyridine rings is 1. The Morgan fingerprint density at radius 3 is 2.69 bits per heavy atom. The van der Waals surface area contributed by atoms with Gasteiger partial charge in [0.1, 0.15) is 17.5 Å². The standard InChI is InChI=1S/C18H15N5O6/c1-11(22-6-4-16(21-22)18(25)26)17(24)20-12-7-13(23(27)28)9-15(8-12)29-14-3-2-5-19-10-14/h2-11H,1H3,(H,20,24)(H,25,26). The molecule has 1 atom stereocenters. The van der Waals surface area contributed by atoms with Crippen molar-refractivity contribution in [2.75, 3.05) is 5.32 Å². The number of carboxylic acid groups (broad SMARTS) is 1. The molecule has 3 aromatic rings. The zero-order valence-corrected chi connectivity index (χ0v) is 15.1. The number of nitro groups is 1. The summed E-state index contributed by atoms with van der Waals surface area (Å²) in [5, 5.41) is 26.5. The van der Waals surface area contributed by atoms with Crippen LogP contribution in [0.4, 0.5) is 11.4 Å². The molecule has 2 aromatic heterocycles. The SMILES string of the molecule is CC(C(=O)Nc1cc(Oc2cccnc2)cc([N+](=O)[O-])c1)n1ccc(C(=O)O)n1. The van der Waals surface area contributed by atoms with E-state index in [1.165, 1.54) is 48.3 Å². The maximum absolute atomic E-state index is 12.5. The molecule has 0 fully saturated rings. The van der Waals surface area contributed by atoms with Gasteiger partial charge in [-0.15, -0.1) is 0 Å². The molecule has 1 aromatic carbocycles. The van der Waals surface area contributed by atoms with E-state index in [0.717, 1.165) is 0 Å². The van der Waals surface area contributed by atoms with Gasteiger partial charge in [0.2, 0.25) is 5.91 Å². The highest BCUT2D eigenvalue weighted by molar-refractivity contribution is 5.94. The van der Waals surface area contributed by atoms with E-state index in [0.29, 0.717) is 5.75 Å². The second-order valence-corrected chi connectivity index (χ2v) is 5.91. The molecule has 0 saturated heterocycles. The lowest BCUT2D eigenvalue weighted by Crippen LogP contribution is -2.24. The third kappa shape index (κ3) is 4.71. The fraction of sp³-hybridized carbons (Fsp3) is 0.111. The third-order valence-corrected chi connectivity index (χ3v) is 3.84. The molecule has 2 heterocycles. The number of nitrogens with zero attached hydrogens (tertiary/aromatic N) is 4. The number of carbonyl (C=O) groups is 2. The van der Waals surface area contributed by atoms with Crippen LogP contribution in [0, 0.1) is 10.1 Å². The van der Waals surface area contributed by atoms with Gasteiger partial charge < -0.3 is 15.2 Å². The van der Waals surface area contributed by atoms with E-state index in [2.05, 4.69) is 15.4 Å². The lowest BCUT2D eigenvalue weighted by molar-refractivity contribution is -0.384. The van der Waals surface area contributed by atoms with Crippen molar-refractivity contribution in [2.24, 2.45) is 0 Å². The van der Waals surface area contributed by atoms with Crippen LogP contribution in [-0.4, -0.2) is 36.7 Å². The van der Waals surface area contributed by atoms with Crippen molar-refractivity contribution in [3.05, 3.63) is 70.8 Å². The van der Waals surface area contributed by atoms with E-state index >= 15 is 0 Å². The van der Waals surface area contributed by atoms with Gasteiger partial charge in [0.25, 0.3) is 5.69 Å². The molecule has 29 heavy (non-hydrogen) atoms. The lowest BCUT2D eigenvalue weighted by atomic mass is 10.2. The second-order valence-electron chi connectivity index (χ2n) is 5.91. The number of carbonyl (C=O) groups excluding carboxylic acids is 1. The summed E-state index contributed by atoms with van der Waals surface area (Å²) < 4.78 is 6.75. The van der Waals surface area contributed by atoms with Crippen LogP contribution >= 0.6 is 0 Å². The number of amides is 1. The number of aromatic carboxylic acids is 1. The minimum atomic E-state index is -1.22. The van der Waals surface area contributed by atoms with Crippen molar-refractivity contribution >= 4 is 23.3 Å². The molecule has 0 aliphatic rings. The first-order valence-electron chi connectivity index (χ1n) is 8.30. The molecule has 11 nitrogen and oxygen atoms in total. The Labute approximate surface area is 163 Å². The fourth-order valence-corrected chi connectivity index (χ4v) is 2.40. The normalized spacial score (nSPS) is 11.5. The summed E-state index contributed by atoms with van der Waals surface area (Å²) in [6, 6.07) is 7.52. The molecule has 1 unspecified atom stereocenters. The number of non-ortho nitro benzene ring substituents is 1. The van der Waals surface area contributed by atoms with Gasteiger partial charge in [0.05, 0.1) is 22.9 Å².